The average Bonchev–Trinajstić information content (AvgIpc) is 3.43. The number of nitrogens with one attached hydrogen (secondary N) is 1. The summed E-state index contributed by atoms with van der Waals surface area (Å²) in [5.41, 5.74) is 3.53. The van der Waals surface area contributed by atoms with Crippen LogP contribution < -0.4 is 5.32 Å². The van der Waals surface area contributed by atoms with Gasteiger partial charge in [-0.15, -0.1) is 5.10 Å². The van der Waals surface area contributed by atoms with Crippen LogP contribution in [0.5, 0.6) is 0 Å². The Morgan fingerprint density at radius 2 is 2.00 bits per heavy atom. The normalized spacial score (nSPS) is 13.9. The van der Waals surface area contributed by atoms with E-state index in [1.54, 1.807) is 0 Å². The molecule has 0 spiro atoms. The smallest absolute Gasteiger partial charge is 0.209 e. The van der Waals surface area contributed by atoms with Gasteiger partial charge in [0.05, 0.1) is 6.67 Å². The molecule has 26 heavy (non-hydrogen) atoms. The second kappa shape index (κ2) is 7.65. The highest BCUT2D eigenvalue weighted by Crippen LogP contribution is 2.29. The van der Waals surface area contributed by atoms with Gasteiger partial charge in [0.15, 0.2) is 3.95 Å². The van der Waals surface area contributed by atoms with E-state index >= 15 is 0 Å². The molecule has 0 radical (unpaired) electrons. The summed E-state index contributed by atoms with van der Waals surface area (Å²) in [6, 6.07) is 13.0. The second-order valence-corrected chi connectivity index (χ2v) is 8.21. The lowest BCUT2D eigenvalue weighted by Gasteiger charge is -2.21. The minimum atomic E-state index is 0.625. The van der Waals surface area contributed by atoms with Crippen LogP contribution in [-0.4, -0.2) is 25.7 Å². The predicted molar refractivity (Wildman–Crippen MR) is 108 cm³/mol. The number of aryl methyl sites for hydroxylation is 1. The summed E-state index contributed by atoms with van der Waals surface area (Å²) in [6.45, 7) is 3.70. The van der Waals surface area contributed by atoms with Crippen LogP contribution in [0.15, 0.2) is 48.8 Å². The maximum Gasteiger partial charge on any atom is 0.209 e. The van der Waals surface area contributed by atoms with E-state index in [1.165, 1.54) is 35.3 Å². The average molecular weight is 384 g/mol. The summed E-state index contributed by atoms with van der Waals surface area (Å²) in [5.74, 6) is 0. The number of nitrogens with zero attached hydrogens (tertiary/aromatic N) is 4. The predicted octanol–water partition coefficient (Wildman–Crippen LogP) is 4.74. The monoisotopic (exact) mass is 383 g/mol. The number of rotatable bonds is 7. The van der Waals surface area contributed by atoms with Gasteiger partial charge >= 0.3 is 0 Å². The molecule has 1 N–H and O–H groups in total. The lowest BCUT2D eigenvalue weighted by Crippen LogP contribution is -2.28. The Morgan fingerprint density at radius 1 is 1.23 bits per heavy atom. The fourth-order valence-corrected chi connectivity index (χ4v) is 3.91. The number of hydrogen-bond acceptors (Lipinski definition) is 6. The van der Waals surface area contributed by atoms with Crippen molar-refractivity contribution in [3.8, 4) is 0 Å². The van der Waals surface area contributed by atoms with Gasteiger partial charge in [0.25, 0.3) is 0 Å². The number of aromatic nitrogens is 3. The van der Waals surface area contributed by atoms with Gasteiger partial charge in [-0.2, -0.15) is 0 Å². The summed E-state index contributed by atoms with van der Waals surface area (Å²) in [6.07, 6.45) is 6.19. The van der Waals surface area contributed by atoms with Gasteiger partial charge in [0, 0.05) is 30.7 Å². The van der Waals surface area contributed by atoms with Gasteiger partial charge in [-0.1, -0.05) is 29.5 Å². The van der Waals surface area contributed by atoms with Crippen molar-refractivity contribution in [3.05, 3.63) is 63.9 Å². The quantitative estimate of drug-likeness (QED) is 0.597. The molecule has 5 nitrogen and oxygen atoms in total. The highest BCUT2D eigenvalue weighted by molar-refractivity contribution is 7.73. The first kappa shape index (κ1) is 17.3. The lowest BCUT2D eigenvalue weighted by atomic mass is 10.2. The molecule has 7 heteroatoms. The van der Waals surface area contributed by atoms with Crippen LogP contribution >= 0.6 is 23.6 Å². The third kappa shape index (κ3) is 4.17. The summed E-state index contributed by atoms with van der Waals surface area (Å²) in [4.78, 5) is 6.55. The van der Waals surface area contributed by atoms with Crippen LogP contribution in [0, 0.1) is 10.9 Å². The molecule has 1 aliphatic rings. The van der Waals surface area contributed by atoms with Crippen molar-refractivity contribution in [1.82, 2.24) is 19.7 Å². The fraction of sp³-hybridized carbons (Fsp3) is 0.316. The molecule has 134 valence electrons. The zero-order valence-electron chi connectivity index (χ0n) is 14.6. The van der Waals surface area contributed by atoms with E-state index in [1.807, 2.05) is 29.2 Å². The zero-order chi connectivity index (χ0) is 17.9. The molecule has 0 atom stereocenters. The fourth-order valence-electron chi connectivity index (χ4n) is 2.90. The minimum absolute atomic E-state index is 0.625. The summed E-state index contributed by atoms with van der Waals surface area (Å²) < 4.78 is 2.72. The van der Waals surface area contributed by atoms with Crippen LogP contribution in [-0.2, 0) is 13.2 Å². The van der Waals surface area contributed by atoms with Gasteiger partial charge < -0.3 is 5.32 Å². The van der Waals surface area contributed by atoms with Crippen LogP contribution in [0.4, 0.5) is 10.8 Å². The van der Waals surface area contributed by atoms with Crippen LogP contribution in [0.1, 0.15) is 24.0 Å². The maximum atomic E-state index is 5.55. The van der Waals surface area contributed by atoms with Crippen molar-refractivity contribution in [2.24, 2.45) is 0 Å². The molecule has 1 aliphatic carbocycles. The van der Waals surface area contributed by atoms with Crippen LogP contribution in [0.3, 0.4) is 0 Å². The number of pyridine rings is 1. The largest absolute Gasteiger partial charge is 0.330 e. The number of hydrogen-bond donors (Lipinski definition) is 1. The Hall–Kier alpha value is -2.09. The third-order valence-corrected chi connectivity index (χ3v) is 5.73. The Morgan fingerprint density at radius 3 is 2.73 bits per heavy atom. The van der Waals surface area contributed by atoms with E-state index in [4.69, 9.17) is 17.3 Å². The van der Waals surface area contributed by atoms with E-state index in [0.717, 1.165) is 28.0 Å². The Labute approximate surface area is 162 Å². The van der Waals surface area contributed by atoms with Gasteiger partial charge in [-0.25, -0.2) is 4.68 Å². The number of anilines is 2. The van der Waals surface area contributed by atoms with Crippen LogP contribution in [0.2, 0.25) is 0 Å². The number of benzene rings is 1. The second-order valence-electron chi connectivity index (χ2n) is 6.59. The van der Waals surface area contributed by atoms with Crippen molar-refractivity contribution < 1.29 is 0 Å². The van der Waals surface area contributed by atoms with Crippen molar-refractivity contribution in [2.45, 2.75) is 39.0 Å². The van der Waals surface area contributed by atoms with Gasteiger partial charge in [-0.05, 0) is 61.3 Å². The molecule has 0 aliphatic heterocycles. The first-order valence-corrected chi connectivity index (χ1v) is 9.95. The van der Waals surface area contributed by atoms with E-state index in [9.17, 15) is 0 Å². The zero-order valence-corrected chi connectivity index (χ0v) is 16.3. The standard InChI is InChI=1S/C19H21N5S2/c1-14-4-2-3-5-17(14)21-18-22-24(19(25)26-18)13-23(16-6-7-16)12-15-8-10-20-11-9-15/h2-5,8-11,16H,6-7,12-13H2,1H3,(H,21,22). The lowest BCUT2D eigenvalue weighted by molar-refractivity contribution is 0.187. The molecule has 1 aromatic carbocycles. The molecule has 4 rings (SSSR count). The van der Waals surface area contributed by atoms with Gasteiger partial charge in [0.2, 0.25) is 5.13 Å². The highest BCUT2D eigenvalue weighted by Gasteiger charge is 2.29. The van der Waals surface area contributed by atoms with Gasteiger partial charge in [0.1, 0.15) is 0 Å². The Bertz CT molecular complexity index is 930. The molecule has 0 bridgehead atoms. The van der Waals surface area contributed by atoms with Crippen molar-refractivity contribution in [3.63, 3.8) is 0 Å². The molecule has 1 fully saturated rings. The summed E-state index contributed by atoms with van der Waals surface area (Å²) >= 11 is 7.07. The summed E-state index contributed by atoms with van der Waals surface area (Å²) in [5, 5.41) is 8.94. The van der Waals surface area contributed by atoms with Gasteiger partial charge in [-0.3, -0.25) is 9.88 Å². The Balaban J connectivity index is 1.49. The minimum Gasteiger partial charge on any atom is -0.330 e. The van der Waals surface area contributed by atoms with E-state index in [2.05, 4.69) is 46.4 Å². The molecule has 0 unspecified atom stereocenters. The van der Waals surface area contributed by atoms with Crippen LogP contribution in [0.25, 0.3) is 0 Å². The van der Waals surface area contributed by atoms with E-state index in [-0.39, 0.29) is 0 Å². The topological polar surface area (TPSA) is 46.0 Å². The van der Waals surface area contributed by atoms with Crippen molar-refractivity contribution in [1.29, 1.82) is 0 Å². The Kier molecular flexibility index (Phi) is 5.10. The molecule has 1 saturated carbocycles. The SMILES string of the molecule is Cc1ccccc1Nc1nn(CN(Cc2ccncc2)C2CC2)c(=S)s1. The molecule has 0 saturated heterocycles. The molecular formula is C19H21N5S2. The summed E-state index contributed by atoms with van der Waals surface area (Å²) in [7, 11) is 0. The van der Waals surface area contributed by atoms with Crippen molar-refractivity contribution >= 4 is 34.4 Å². The first-order valence-electron chi connectivity index (χ1n) is 8.72. The van der Waals surface area contributed by atoms with Crippen molar-refractivity contribution in [2.75, 3.05) is 5.32 Å². The maximum absolute atomic E-state index is 5.55. The molecule has 2 heterocycles. The van der Waals surface area contributed by atoms with E-state index < -0.39 is 0 Å². The third-order valence-electron chi connectivity index (χ3n) is 4.51. The molecule has 3 aromatic rings. The molecule has 2 aromatic heterocycles. The number of para-hydroxylation sites is 1. The highest BCUT2D eigenvalue weighted by atomic mass is 32.1. The molecular weight excluding hydrogens is 362 g/mol. The first-order chi connectivity index (χ1) is 12.7. The molecule has 0 amide bonds. The van der Waals surface area contributed by atoms with E-state index in [0.29, 0.717) is 6.04 Å².